The number of carbonyl (C=O) groups excluding carboxylic acids is 1. The van der Waals surface area contributed by atoms with E-state index in [0.29, 0.717) is 28.6 Å². The molecule has 1 amide bonds. The minimum absolute atomic E-state index is 0.200. The Morgan fingerprint density at radius 2 is 2.05 bits per heavy atom. The number of hydrogen-bond donors (Lipinski definition) is 2. The topological polar surface area (TPSA) is 84.9 Å². The quantitative estimate of drug-likeness (QED) is 0.843. The first-order valence-corrected chi connectivity index (χ1v) is 7.55. The maximum Gasteiger partial charge on any atom is 0.332 e. The average Bonchev–Trinajstić information content (AvgIpc) is 3.08. The van der Waals surface area contributed by atoms with Gasteiger partial charge in [0.2, 0.25) is 5.91 Å². The highest BCUT2D eigenvalue weighted by atomic mass is 79.9. The van der Waals surface area contributed by atoms with Gasteiger partial charge in [0, 0.05) is 11.6 Å². The van der Waals surface area contributed by atoms with E-state index < -0.39 is 30.0 Å². The number of carbonyl (C=O) groups is 2. The molecular formula is C14H13BrFNO5. The molecule has 0 saturated carbocycles. The summed E-state index contributed by atoms with van der Waals surface area (Å²) in [6.07, 6.45) is -1.06. The van der Waals surface area contributed by atoms with Crippen LogP contribution in [0.3, 0.4) is 0 Å². The van der Waals surface area contributed by atoms with Crippen LogP contribution in [0.5, 0.6) is 5.75 Å². The van der Waals surface area contributed by atoms with Crippen LogP contribution >= 0.6 is 15.9 Å². The zero-order chi connectivity index (χ0) is 15.9. The number of ether oxygens (including phenoxy) is 2. The first kappa shape index (κ1) is 15.2. The molecule has 0 radical (unpaired) electrons. The van der Waals surface area contributed by atoms with Gasteiger partial charge in [-0.3, -0.25) is 4.79 Å². The number of carboxylic acids is 1. The van der Waals surface area contributed by atoms with E-state index in [1.807, 2.05) is 0 Å². The molecule has 0 aliphatic carbocycles. The third-order valence-corrected chi connectivity index (χ3v) is 4.35. The van der Waals surface area contributed by atoms with Crippen LogP contribution in [0.4, 0.5) is 4.39 Å². The summed E-state index contributed by atoms with van der Waals surface area (Å²) >= 11 is 3.10. The highest BCUT2D eigenvalue weighted by Gasteiger charge is 2.36. The van der Waals surface area contributed by atoms with E-state index in [9.17, 15) is 14.0 Å². The lowest BCUT2D eigenvalue weighted by atomic mass is 10.1. The summed E-state index contributed by atoms with van der Waals surface area (Å²) in [5, 5.41) is 11.6. The smallest absolute Gasteiger partial charge is 0.332 e. The fraction of sp³-hybridized carbons (Fsp3) is 0.429. The Labute approximate surface area is 133 Å². The van der Waals surface area contributed by atoms with E-state index in [2.05, 4.69) is 21.2 Å². The second-order valence-electron chi connectivity index (χ2n) is 5.21. The molecule has 3 atom stereocenters. The van der Waals surface area contributed by atoms with Gasteiger partial charge in [-0.05, 0) is 34.8 Å². The van der Waals surface area contributed by atoms with Crippen LogP contribution in [0.1, 0.15) is 24.4 Å². The minimum Gasteiger partial charge on any atom is -0.491 e. The number of carboxylic acid groups (broad SMARTS) is 1. The van der Waals surface area contributed by atoms with Crippen LogP contribution in [0.25, 0.3) is 0 Å². The van der Waals surface area contributed by atoms with Gasteiger partial charge in [0.05, 0.1) is 10.5 Å². The first-order valence-electron chi connectivity index (χ1n) is 6.76. The molecular weight excluding hydrogens is 361 g/mol. The highest BCUT2D eigenvalue weighted by molar-refractivity contribution is 9.10. The monoisotopic (exact) mass is 373 g/mol. The van der Waals surface area contributed by atoms with Crippen molar-refractivity contribution in [2.45, 2.75) is 31.1 Å². The standard InChI is InChI=1S/C14H13BrFNO5/c15-7-3-6-9(5-21-12(6)4-8(7)16)17-13(18)10-1-2-11(22-10)14(19)20/h3-4,9-11H,1-2,5H2,(H,17,18)(H,19,20)/t9?,10-,11+/m0/s1. The predicted octanol–water partition coefficient (Wildman–Crippen LogP) is 1.77. The average molecular weight is 374 g/mol. The van der Waals surface area contributed by atoms with Crippen molar-refractivity contribution in [2.75, 3.05) is 6.61 Å². The van der Waals surface area contributed by atoms with Crippen molar-refractivity contribution < 1.29 is 28.6 Å². The summed E-state index contributed by atoms with van der Waals surface area (Å²) in [5.74, 6) is -1.49. The lowest BCUT2D eigenvalue weighted by Gasteiger charge is -2.16. The van der Waals surface area contributed by atoms with Crippen molar-refractivity contribution in [1.82, 2.24) is 5.32 Å². The molecule has 1 unspecified atom stereocenters. The molecule has 1 aromatic rings. The zero-order valence-electron chi connectivity index (χ0n) is 11.3. The van der Waals surface area contributed by atoms with Gasteiger partial charge in [0.15, 0.2) is 6.10 Å². The maximum atomic E-state index is 13.4. The first-order chi connectivity index (χ1) is 10.5. The lowest BCUT2D eigenvalue weighted by molar-refractivity contribution is -0.151. The minimum atomic E-state index is -1.07. The largest absolute Gasteiger partial charge is 0.491 e. The van der Waals surface area contributed by atoms with Gasteiger partial charge < -0.3 is 19.9 Å². The normalized spacial score (nSPS) is 26.4. The van der Waals surface area contributed by atoms with Crippen molar-refractivity contribution in [3.8, 4) is 5.75 Å². The highest BCUT2D eigenvalue weighted by Crippen LogP contribution is 2.36. The van der Waals surface area contributed by atoms with Crippen molar-refractivity contribution >= 4 is 27.8 Å². The summed E-state index contributed by atoms with van der Waals surface area (Å²) in [6.45, 7) is 0.200. The van der Waals surface area contributed by atoms with Gasteiger partial charge >= 0.3 is 5.97 Å². The van der Waals surface area contributed by atoms with Gasteiger partial charge in [-0.2, -0.15) is 0 Å². The molecule has 8 heteroatoms. The number of benzene rings is 1. The van der Waals surface area contributed by atoms with Crippen LogP contribution in [-0.2, 0) is 14.3 Å². The number of rotatable bonds is 3. The molecule has 118 valence electrons. The molecule has 2 aliphatic rings. The van der Waals surface area contributed by atoms with E-state index in [1.165, 1.54) is 6.07 Å². The molecule has 1 fully saturated rings. The third kappa shape index (κ3) is 2.80. The van der Waals surface area contributed by atoms with Crippen LogP contribution in [0.15, 0.2) is 16.6 Å². The Morgan fingerprint density at radius 3 is 2.73 bits per heavy atom. The van der Waals surface area contributed by atoms with Crippen molar-refractivity contribution in [3.05, 3.63) is 28.0 Å². The SMILES string of the molecule is O=C(NC1COc2cc(F)c(Br)cc21)[C@@H]1CC[C@H](C(=O)O)O1. The molecule has 1 saturated heterocycles. The third-order valence-electron chi connectivity index (χ3n) is 3.74. The molecule has 22 heavy (non-hydrogen) atoms. The Kier molecular flexibility index (Phi) is 4.05. The molecule has 0 bridgehead atoms. The van der Waals surface area contributed by atoms with Gasteiger partial charge in [0.25, 0.3) is 0 Å². The van der Waals surface area contributed by atoms with Crippen LogP contribution in [0, 0.1) is 5.82 Å². The lowest BCUT2D eigenvalue weighted by Crippen LogP contribution is -2.38. The number of halogens is 2. The second-order valence-corrected chi connectivity index (χ2v) is 6.06. The number of hydrogen-bond acceptors (Lipinski definition) is 4. The molecule has 2 aliphatic heterocycles. The Hall–Kier alpha value is -1.67. The molecule has 2 heterocycles. The van der Waals surface area contributed by atoms with E-state index in [0.717, 1.165) is 0 Å². The van der Waals surface area contributed by atoms with Gasteiger partial charge in [-0.1, -0.05) is 0 Å². The molecule has 2 N–H and O–H groups in total. The summed E-state index contributed by atoms with van der Waals surface area (Å²) in [7, 11) is 0. The number of fused-ring (bicyclic) bond motifs is 1. The Bertz CT molecular complexity index is 638. The molecule has 0 aromatic heterocycles. The molecule has 3 rings (SSSR count). The Balaban J connectivity index is 1.67. The fourth-order valence-electron chi connectivity index (χ4n) is 2.60. The van der Waals surface area contributed by atoms with Gasteiger partial charge in [0.1, 0.15) is 24.3 Å². The zero-order valence-corrected chi connectivity index (χ0v) is 12.9. The van der Waals surface area contributed by atoms with Crippen molar-refractivity contribution in [1.29, 1.82) is 0 Å². The summed E-state index contributed by atoms with van der Waals surface area (Å²) in [6, 6.07) is 2.42. The van der Waals surface area contributed by atoms with Crippen LogP contribution in [-0.4, -0.2) is 35.8 Å². The summed E-state index contributed by atoms with van der Waals surface area (Å²) in [4.78, 5) is 23.0. The number of nitrogens with one attached hydrogen (secondary N) is 1. The van der Waals surface area contributed by atoms with Crippen LogP contribution < -0.4 is 10.1 Å². The van der Waals surface area contributed by atoms with E-state index >= 15 is 0 Å². The molecule has 6 nitrogen and oxygen atoms in total. The summed E-state index contributed by atoms with van der Waals surface area (Å²) < 4.78 is 24.3. The number of amides is 1. The van der Waals surface area contributed by atoms with E-state index in [1.54, 1.807) is 6.07 Å². The molecule has 1 aromatic carbocycles. The Morgan fingerprint density at radius 1 is 1.32 bits per heavy atom. The van der Waals surface area contributed by atoms with Gasteiger partial charge in [-0.25, -0.2) is 9.18 Å². The van der Waals surface area contributed by atoms with Gasteiger partial charge in [-0.15, -0.1) is 0 Å². The molecule has 0 spiro atoms. The second kappa shape index (κ2) is 5.85. The number of aliphatic carboxylic acids is 1. The van der Waals surface area contributed by atoms with E-state index in [4.69, 9.17) is 14.6 Å². The van der Waals surface area contributed by atoms with Crippen molar-refractivity contribution in [3.63, 3.8) is 0 Å². The van der Waals surface area contributed by atoms with Crippen molar-refractivity contribution in [2.24, 2.45) is 0 Å². The predicted molar refractivity (Wildman–Crippen MR) is 76.0 cm³/mol. The van der Waals surface area contributed by atoms with Crippen LogP contribution in [0.2, 0.25) is 0 Å². The van der Waals surface area contributed by atoms with E-state index in [-0.39, 0.29) is 12.5 Å². The maximum absolute atomic E-state index is 13.4. The summed E-state index contributed by atoms with van der Waals surface area (Å²) in [5.41, 5.74) is 0.675. The fourth-order valence-corrected chi connectivity index (χ4v) is 2.96.